The lowest BCUT2D eigenvalue weighted by Gasteiger charge is -2.09. The number of carbonyl (C=O) groups excluding carboxylic acids is 2. The van der Waals surface area contributed by atoms with Crippen LogP contribution in [0.4, 0.5) is 0 Å². The van der Waals surface area contributed by atoms with Crippen molar-refractivity contribution < 1.29 is 9.59 Å². The number of aryl methyl sites for hydroxylation is 2. The number of hydrogen-bond donors (Lipinski definition) is 1. The van der Waals surface area contributed by atoms with Crippen molar-refractivity contribution >= 4 is 11.7 Å². The molecule has 82 valence electrons. The first kappa shape index (κ1) is 11.4. The average molecular weight is 209 g/mol. The molecule has 1 N–H and O–H groups in total. The normalized spacial score (nSPS) is 12.3. The van der Waals surface area contributed by atoms with E-state index < -0.39 is 6.04 Å². The second-order valence-electron chi connectivity index (χ2n) is 3.61. The highest BCUT2D eigenvalue weighted by Crippen LogP contribution is 2.04. The van der Waals surface area contributed by atoms with Crippen LogP contribution in [0, 0.1) is 6.92 Å². The Morgan fingerprint density at radius 3 is 2.53 bits per heavy atom. The summed E-state index contributed by atoms with van der Waals surface area (Å²) >= 11 is 0. The lowest BCUT2D eigenvalue weighted by Crippen LogP contribution is -2.37. The molecule has 5 heteroatoms. The minimum atomic E-state index is -0.461. The Morgan fingerprint density at radius 1 is 1.53 bits per heavy atom. The predicted octanol–water partition coefficient (Wildman–Crippen LogP) is 0.436. The fourth-order valence-corrected chi connectivity index (χ4v) is 1.20. The van der Waals surface area contributed by atoms with Crippen molar-refractivity contribution in [2.24, 2.45) is 7.05 Å². The van der Waals surface area contributed by atoms with Crippen LogP contribution in [-0.4, -0.2) is 27.5 Å². The number of hydrogen-bond acceptors (Lipinski definition) is 3. The van der Waals surface area contributed by atoms with Gasteiger partial charge < -0.3 is 5.32 Å². The van der Waals surface area contributed by atoms with Gasteiger partial charge in [-0.1, -0.05) is 0 Å². The van der Waals surface area contributed by atoms with Crippen molar-refractivity contribution in [3.63, 3.8) is 0 Å². The molecule has 15 heavy (non-hydrogen) atoms. The lowest BCUT2D eigenvalue weighted by atomic mass is 10.2. The molecule has 0 saturated heterocycles. The van der Waals surface area contributed by atoms with Gasteiger partial charge in [-0.3, -0.25) is 14.3 Å². The minimum Gasteiger partial charge on any atom is -0.342 e. The molecule has 0 radical (unpaired) electrons. The van der Waals surface area contributed by atoms with Gasteiger partial charge >= 0.3 is 0 Å². The number of aromatic nitrogens is 2. The summed E-state index contributed by atoms with van der Waals surface area (Å²) < 4.78 is 1.57. The molecule has 5 nitrogen and oxygen atoms in total. The van der Waals surface area contributed by atoms with E-state index in [4.69, 9.17) is 0 Å². The summed E-state index contributed by atoms with van der Waals surface area (Å²) in [4.78, 5) is 22.6. The molecule has 1 amide bonds. The quantitative estimate of drug-likeness (QED) is 0.785. The molecule has 0 bridgehead atoms. The zero-order valence-electron chi connectivity index (χ0n) is 9.37. The van der Waals surface area contributed by atoms with Crippen molar-refractivity contribution in [1.82, 2.24) is 15.1 Å². The van der Waals surface area contributed by atoms with E-state index in [0.29, 0.717) is 11.3 Å². The van der Waals surface area contributed by atoms with Gasteiger partial charge in [0.2, 0.25) is 0 Å². The van der Waals surface area contributed by atoms with Crippen molar-refractivity contribution in [3.05, 3.63) is 17.5 Å². The smallest absolute Gasteiger partial charge is 0.255 e. The largest absolute Gasteiger partial charge is 0.342 e. The summed E-state index contributed by atoms with van der Waals surface area (Å²) in [5, 5.41) is 6.66. The van der Waals surface area contributed by atoms with Crippen LogP contribution < -0.4 is 5.32 Å². The third kappa shape index (κ3) is 2.65. The summed E-state index contributed by atoms with van der Waals surface area (Å²) in [7, 11) is 1.75. The Hall–Kier alpha value is -1.65. The number of nitrogens with one attached hydrogen (secondary N) is 1. The first-order valence-electron chi connectivity index (χ1n) is 4.73. The molecule has 0 aliphatic carbocycles. The molecule has 0 aliphatic heterocycles. The fraction of sp³-hybridized carbons (Fsp3) is 0.500. The van der Waals surface area contributed by atoms with Crippen LogP contribution in [0.25, 0.3) is 0 Å². The van der Waals surface area contributed by atoms with E-state index in [1.54, 1.807) is 31.8 Å². The van der Waals surface area contributed by atoms with Crippen molar-refractivity contribution in [2.45, 2.75) is 26.8 Å². The summed E-state index contributed by atoms with van der Waals surface area (Å²) in [6.45, 7) is 4.86. The number of ketones is 1. The Kier molecular flexibility index (Phi) is 3.24. The second kappa shape index (κ2) is 4.25. The maximum absolute atomic E-state index is 11.7. The van der Waals surface area contributed by atoms with Crippen molar-refractivity contribution in [2.75, 3.05) is 0 Å². The van der Waals surface area contributed by atoms with Crippen molar-refractivity contribution in [3.8, 4) is 0 Å². The molecular formula is C10H15N3O2. The Bertz CT molecular complexity index is 395. The summed E-state index contributed by atoms with van der Waals surface area (Å²) in [6.07, 6.45) is 1.64. The van der Waals surface area contributed by atoms with Crippen LogP contribution in [-0.2, 0) is 11.8 Å². The molecule has 1 heterocycles. The van der Waals surface area contributed by atoms with E-state index in [-0.39, 0.29) is 11.7 Å². The molecule has 0 aromatic carbocycles. The van der Waals surface area contributed by atoms with E-state index in [1.807, 2.05) is 0 Å². The van der Waals surface area contributed by atoms with Crippen LogP contribution in [0.1, 0.15) is 29.9 Å². The molecule has 0 spiro atoms. The highest BCUT2D eigenvalue weighted by molar-refractivity contribution is 5.98. The van der Waals surface area contributed by atoms with Gasteiger partial charge in [0.05, 0.1) is 17.3 Å². The Balaban J connectivity index is 2.77. The SMILES string of the molecule is CC(=O)C(C)NC(=O)c1cn(C)nc1C. The summed E-state index contributed by atoms with van der Waals surface area (Å²) in [5.74, 6) is -0.326. The molecule has 0 fully saturated rings. The molecule has 0 saturated carbocycles. The topological polar surface area (TPSA) is 64.0 Å². The van der Waals surface area contributed by atoms with Crippen LogP contribution in [0.5, 0.6) is 0 Å². The van der Waals surface area contributed by atoms with Gasteiger partial charge in [-0.05, 0) is 20.8 Å². The first-order valence-corrected chi connectivity index (χ1v) is 4.73. The highest BCUT2D eigenvalue weighted by Gasteiger charge is 2.16. The van der Waals surface area contributed by atoms with Crippen LogP contribution in [0.3, 0.4) is 0 Å². The van der Waals surface area contributed by atoms with E-state index in [0.717, 1.165) is 0 Å². The second-order valence-corrected chi connectivity index (χ2v) is 3.61. The van der Waals surface area contributed by atoms with Gasteiger partial charge in [-0.2, -0.15) is 5.10 Å². The van der Waals surface area contributed by atoms with E-state index in [2.05, 4.69) is 10.4 Å². The van der Waals surface area contributed by atoms with E-state index >= 15 is 0 Å². The van der Waals surface area contributed by atoms with Gasteiger partial charge in [0.1, 0.15) is 0 Å². The predicted molar refractivity (Wildman–Crippen MR) is 55.6 cm³/mol. The molecule has 1 rings (SSSR count). The average Bonchev–Trinajstić information content (AvgIpc) is 2.44. The van der Waals surface area contributed by atoms with Crippen LogP contribution in [0.15, 0.2) is 6.20 Å². The van der Waals surface area contributed by atoms with Gasteiger partial charge in [0, 0.05) is 13.2 Å². The number of amides is 1. The zero-order chi connectivity index (χ0) is 11.6. The monoisotopic (exact) mass is 209 g/mol. The highest BCUT2D eigenvalue weighted by atomic mass is 16.2. The third-order valence-corrected chi connectivity index (χ3v) is 2.22. The molecule has 0 aliphatic rings. The number of carbonyl (C=O) groups is 2. The lowest BCUT2D eigenvalue weighted by molar-refractivity contribution is -0.118. The molecule has 1 aromatic heterocycles. The minimum absolute atomic E-state index is 0.0649. The Labute approximate surface area is 88.5 Å². The standard InChI is InChI=1S/C10H15N3O2/c1-6(8(3)14)11-10(15)9-5-13(4)12-7(9)2/h5-6H,1-4H3,(H,11,15). The number of nitrogens with zero attached hydrogens (tertiary/aromatic N) is 2. The van der Waals surface area contributed by atoms with Crippen LogP contribution in [0.2, 0.25) is 0 Å². The third-order valence-electron chi connectivity index (χ3n) is 2.22. The maximum Gasteiger partial charge on any atom is 0.255 e. The number of Topliss-reactive ketones (excluding diaryl/α,β-unsaturated/α-hetero) is 1. The van der Waals surface area contributed by atoms with Gasteiger partial charge in [-0.25, -0.2) is 0 Å². The summed E-state index contributed by atoms with van der Waals surface area (Å²) in [5.41, 5.74) is 1.16. The van der Waals surface area contributed by atoms with Gasteiger partial charge in [0.25, 0.3) is 5.91 Å². The maximum atomic E-state index is 11.7. The van der Waals surface area contributed by atoms with Crippen LogP contribution >= 0.6 is 0 Å². The fourth-order valence-electron chi connectivity index (χ4n) is 1.20. The number of rotatable bonds is 3. The van der Waals surface area contributed by atoms with E-state index in [1.165, 1.54) is 6.92 Å². The molecular weight excluding hydrogens is 194 g/mol. The van der Waals surface area contributed by atoms with Gasteiger partial charge in [-0.15, -0.1) is 0 Å². The molecule has 1 atom stereocenters. The molecule has 1 aromatic rings. The zero-order valence-corrected chi connectivity index (χ0v) is 9.37. The summed E-state index contributed by atoms with van der Waals surface area (Å²) in [6, 6.07) is -0.461. The van der Waals surface area contributed by atoms with Crippen molar-refractivity contribution in [1.29, 1.82) is 0 Å². The molecule has 1 unspecified atom stereocenters. The van der Waals surface area contributed by atoms with Gasteiger partial charge in [0.15, 0.2) is 5.78 Å². The Morgan fingerprint density at radius 2 is 2.13 bits per heavy atom. The van der Waals surface area contributed by atoms with E-state index in [9.17, 15) is 9.59 Å². The first-order chi connectivity index (χ1) is 6.91.